The van der Waals surface area contributed by atoms with E-state index in [9.17, 15) is 9.18 Å². The maximum absolute atomic E-state index is 13.2. The van der Waals surface area contributed by atoms with E-state index in [0.717, 1.165) is 12.3 Å². The first-order valence-electron chi connectivity index (χ1n) is 7.24. The zero-order valence-corrected chi connectivity index (χ0v) is 12.3. The smallest absolute Gasteiger partial charge is 0.253 e. The number of nitrogens with zero attached hydrogens (tertiary/aromatic N) is 3. The fraction of sp³-hybridized carbons (Fsp3) is 0.333. The Bertz CT molecular complexity index is 670. The molecule has 2 aromatic heterocycles. The highest BCUT2D eigenvalue weighted by Gasteiger charge is 2.27. The van der Waals surface area contributed by atoms with Gasteiger partial charge in [-0.2, -0.15) is 0 Å². The van der Waals surface area contributed by atoms with E-state index in [0.29, 0.717) is 25.5 Å². The molecule has 3 rings (SSSR count). The second kappa shape index (κ2) is 7.10. The van der Waals surface area contributed by atoms with Crippen LogP contribution in [-0.4, -0.2) is 46.2 Å². The number of amides is 1. The number of nitrogens with one attached hydrogen (secondary N) is 2. The Kier molecular flexibility index (Phi) is 4.72. The Morgan fingerprint density at radius 3 is 3.00 bits per heavy atom. The van der Waals surface area contributed by atoms with Crippen molar-refractivity contribution in [3.8, 4) is 0 Å². The summed E-state index contributed by atoms with van der Waals surface area (Å²) in [5.41, 5.74) is 0.192. The van der Waals surface area contributed by atoms with E-state index in [1.807, 2.05) is 0 Å². The number of hydrogen-bond acceptors (Lipinski definition) is 6. The van der Waals surface area contributed by atoms with Crippen molar-refractivity contribution < 1.29 is 13.9 Å². The molecule has 2 atom stereocenters. The van der Waals surface area contributed by atoms with E-state index in [1.54, 1.807) is 12.3 Å². The fourth-order valence-electron chi connectivity index (χ4n) is 2.41. The van der Waals surface area contributed by atoms with Crippen molar-refractivity contribution in [2.75, 3.05) is 18.5 Å². The molecule has 1 fully saturated rings. The summed E-state index contributed by atoms with van der Waals surface area (Å²) in [6.45, 7) is 0.991. The van der Waals surface area contributed by atoms with Crippen molar-refractivity contribution in [2.45, 2.75) is 18.5 Å². The maximum Gasteiger partial charge on any atom is 0.253 e. The number of rotatable bonds is 4. The van der Waals surface area contributed by atoms with Gasteiger partial charge in [-0.1, -0.05) is 0 Å². The molecule has 1 amide bonds. The molecule has 2 N–H and O–H groups in total. The van der Waals surface area contributed by atoms with Gasteiger partial charge in [0.1, 0.15) is 18.0 Å². The molecule has 120 valence electrons. The number of halogens is 1. The van der Waals surface area contributed by atoms with Crippen LogP contribution in [-0.2, 0) is 4.74 Å². The molecule has 3 heterocycles. The molecule has 0 aliphatic carbocycles. The van der Waals surface area contributed by atoms with Crippen LogP contribution >= 0.6 is 0 Å². The third-order valence-electron chi connectivity index (χ3n) is 3.56. The van der Waals surface area contributed by atoms with E-state index < -0.39 is 5.82 Å². The maximum atomic E-state index is 13.2. The van der Waals surface area contributed by atoms with Crippen molar-refractivity contribution in [1.82, 2.24) is 20.3 Å². The molecule has 0 bridgehead atoms. The monoisotopic (exact) mass is 317 g/mol. The normalized spacial score (nSPS) is 20.7. The quantitative estimate of drug-likeness (QED) is 0.875. The van der Waals surface area contributed by atoms with Gasteiger partial charge in [-0.05, 0) is 18.6 Å². The van der Waals surface area contributed by atoms with E-state index in [2.05, 4.69) is 25.6 Å². The van der Waals surface area contributed by atoms with Crippen LogP contribution in [0.15, 0.2) is 37.1 Å². The predicted molar refractivity (Wildman–Crippen MR) is 80.3 cm³/mol. The molecule has 1 aliphatic heterocycles. The van der Waals surface area contributed by atoms with Crippen molar-refractivity contribution in [2.24, 2.45) is 0 Å². The molecule has 0 saturated carbocycles. The SMILES string of the molecule is O=C(N[C@H]1CCOC[C@H]1Nc1ccncn1)c1cncc(F)c1. The van der Waals surface area contributed by atoms with E-state index >= 15 is 0 Å². The van der Waals surface area contributed by atoms with Gasteiger partial charge in [0.05, 0.1) is 30.5 Å². The highest BCUT2D eigenvalue weighted by Crippen LogP contribution is 2.14. The average Bonchev–Trinajstić information content (AvgIpc) is 2.57. The summed E-state index contributed by atoms with van der Waals surface area (Å²) in [5, 5.41) is 6.12. The Morgan fingerprint density at radius 1 is 1.30 bits per heavy atom. The van der Waals surface area contributed by atoms with Gasteiger partial charge in [0.2, 0.25) is 0 Å². The van der Waals surface area contributed by atoms with Crippen LogP contribution in [0.4, 0.5) is 10.2 Å². The summed E-state index contributed by atoms with van der Waals surface area (Å²) >= 11 is 0. The van der Waals surface area contributed by atoms with Gasteiger partial charge in [-0.3, -0.25) is 9.78 Å². The van der Waals surface area contributed by atoms with Gasteiger partial charge in [0, 0.05) is 19.0 Å². The lowest BCUT2D eigenvalue weighted by Gasteiger charge is -2.33. The molecule has 2 aromatic rings. The molecule has 0 unspecified atom stereocenters. The zero-order valence-electron chi connectivity index (χ0n) is 12.3. The number of ether oxygens (including phenoxy) is 1. The number of carbonyl (C=O) groups is 1. The lowest BCUT2D eigenvalue weighted by molar-refractivity contribution is 0.0619. The van der Waals surface area contributed by atoms with Gasteiger partial charge in [0.25, 0.3) is 5.91 Å². The van der Waals surface area contributed by atoms with Crippen LogP contribution < -0.4 is 10.6 Å². The highest BCUT2D eigenvalue weighted by molar-refractivity contribution is 5.94. The fourth-order valence-corrected chi connectivity index (χ4v) is 2.41. The standard InChI is InChI=1S/C15H16FN5O2/c16-11-5-10(6-18-7-11)15(22)21-12-2-4-23-8-13(12)20-14-1-3-17-9-19-14/h1,3,5-7,9,12-13H,2,4,8H2,(H,21,22)(H,17,19,20)/t12-,13+/m0/s1. The molecule has 1 saturated heterocycles. The number of pyridine rings is 1. The van der Waals surface area contributed by atoms with Crippen molar-refractivity contribution in [3.05, 3.63) is 48.4 Å². The third kappa shape index (κ3) is 3.98. The Labute approximate surface area is 132 Å². The van der Waals surface area contributed by atoms with E-state index in [1.165, 1.54) is 12.5 Å². The summed E-state index contributed by atoms with van der Waals surface area (Å²) in [4.78, 5) is 23.9. The van der Waals surface area contributed by atoms with Crippen LogP contribution in [0.1, 0.15) is 16.8 Å². The Hall–Kier alpha value is -2.61. The summed E-state index contributed by atoms with van der Waals surface area (Å²) in [6, 6.07) is 2.61. The lowest BCUT2D eigenvalue weighted by Crippen LogP contribution is -2.52. The first-order chi connectivity index (χ1) is 11.2. The van der Waals surface area contributed by atoms with E-state index in [-0.39, 0.29) is 23.6 Å². The molecule has 23 heavy (non-hydrogen) atoms. The largest absolute Gasteiger partial charge is 0.379 e. The molecule has 0 aromatic carbocycles. The average molecular weight is 317 g/mol. The number of anilines is 1. The molecular formula is C15H16FN5O2. The van der Waals surface area contributed by atoms with Crippen LogP contribution in [0, 0.1) is 5.82 Å². The molecule has 8 heteroatoms. The molecule has 7 nitrogen and oxygen atoms in total. The first-order valence-corrected chi connectivity index (χ1v) is 7.24. The summed E-state index contributed by atoms with van der Waals surface area (Å²) in [7, 11) is 0. The van der Waals surface area contributed by atoms with Crippen molar-refractivity contribution in [1.29, 1.82) is 0 Å². The summed E-state index contributed by atoms with van der Waals surface area (Å²) in [5.74, 6) is -0.249. The lowest BCUT2D eigenvalue weighted by atomic mass is 10.0. The van der Waals surface area contributed by atoms with Crippen molar-refractivity contribution in [3.63, 3.8) is 0 Å². The minimum absolute atomic E-state index is 0.135. The van der Waals surface area contributed by atoms with Crippen LogP contribution in [0.5, 0.6) is 0 Å². The second-order valence-corrected chi connectivity index (χ2v) is 5.18. The molecule has 0 spiro atoms. The second-order valence-electron chi connectivity index (χ2n) is 5.18. The summed E-state index contributed by atoms with van der Waals surface area (Å²) in [6.07, 6.45) is 6.12. The minimum Gasteiger partial charge on any atom is -0.379 e. The highest BCUT2D eigenvalue weighted by atomic mass is 19.1. The van der Waals surface area contributed by atoms with E-state index in [4.69, 9.17) is 4.74 Å². The predicted octanol–water partition coefficient (Wildman–Crippen LogP) is 1.01. The number of carbonyl (C=O) groups excluding carboxylic acids is 1. The van der Waals surface area contributed by atoms with Gasteiger partial charge >= 0.3 is 0 Å². The summed E-state index contributed by atoms with van der Waals surface area (Å²) < 4.78 is 18.6. The number of hydrogen-bond donors (Lipinski definition) is 2. The molecule has 1 aliphatic rings. The first kappa shape index (κ1) is 15.3. The zero-order chi connectivity index (χ0) is 16.1. The van der Waals surface area contributed by atoms with Gasteiger partial charge in [-0.25, -0.2) is 14.4 Å². The van der Waals surface area contributed by atoms with Gasteiger partial charge < -0.3 is 15.4 Å². The molecular weight excluding hydrogens is 301 g/mol. The molecule has 0 radical (unpaired) electrons. The van der Waals surface area contributed by atoms with Gasteiger partial charge in [0.15, 0.2) is 0 Å². The van der Waals surface area contributed by atoms with Crippen LogP contribution in [0.3, 0.4) is 0 Å². The van der Waals surface area contributed by atoms with Crippen LogP contribution in [0.2, 0.25) is 0 Å². The number of aromatic nitrogens is 3. The topological polar surface area (TPSA) is 89.0 Å². The van der Waals surface area contributed by atoms with Crippen molar-refractivity contribution >= 4 is 11.7 Å². The minimum atomic E-state index is -0.541. The van der Waals surface area contributed by atoms with Crippen LogP contribution in [0.25, 0.3) is 0 Å². The Morgan fingerprint density at radius 2 is 2.22 bits per heavy atom. The van der Waals surface area contributed by atoms with Gasteiger partial charge in [-0.15, -0.1) is 0 Å². The third-order valence-corrected chi connectivity index (χ3v) is 3.56. The Balaban J connectivity index is 1.68.